The van der Waals surface area contributed by atoms with Crippen LogP contribution >= 0.6 is 0 Å². The number of fused-ring (bicyclic) bond motifs is 2. The van der Waals surface area contributed by atoms with Crippen LogP contribution in [0, 0.1) is 0 Å². The minimum Gasteiger partial charge on any atom is -0.402 e. The Balaban J connectivity index is 2.58. The highest BCUT2D eigenvalue weighted by Crippen LogP contribution is 2.31. The molecule has 0 amide bonds. The van der Waals surface area contributed by atoms with E-state index in [1.165, 1.54) is 5.56 Å². The monoisotopic (exact) mass is 248 g/mol. The van der Waals surface area contributed by atoms with E-state index in [1.54, 1.807) is 0 Å². The molecule has 0 saturated carbocycles. The number of pyridine rings is 1. The van der Waals surface area contributed by atoms with E-state index >= 15 is 0 Å². The van der Waals surface area contributed by atoms with Gasteiger partial charge >= 0.3 is 0 Å². The molecule has 3 aromatic rings. The third-order valence-electron chi connectivity index (χ3n) is 3.55. The van der Waals surface area contributed by atoms with Gasteiger partial charge in [-0.2, -0.15) is 0 Å². The Bertz CT molecular complexity index is 743. The lowest BCUT2D eigenvalue weighted by molar-refractivity contribution is 1.31. The van der Waals surface area contributed by atoms with E-state index in [0.717, 1.165) is 33.1 Å². The Kier molecular flexibility index (Phi) is 2.71. The average Bonchev–Trinajstić information content (AvgIpc) is 2.43. The molecule has 94 valence electrons. The maximum atomic E-state index is 6.01. The number of hydrogen-bond acceptors (Lipinski definition) is 2. The summed E-state index contributed by atoms with van der Waals surface area (Å²) >= 11 is 0. The fraction of sp³-hybridized carbons (Fsp3) is 0.118. The zero-order valence-electron chi connectivity index (χ0n) is 11.1. The molecule has 1 aromatic heterocycles. The van der Waals surface area contributed by atoms with E-state index in [9.17, 15) is 0 Å². The van der Waals surface area contributed by atoms with Gasteiger partial charge in [0.1, 0.15) is 0 Å². The van der Waals surface area contributed by atoms with Crippen LogP contribution in [0.15, 0.2) is 54.2 Å². The number of nitrogens with two attached hydrogens (primary N) is 1. The Hall–Kier alpha value is -2.35. The molecule has 0 aliphatic carbocycles. The highest BCUT2D eigenvalue weighted by molar-refractivity contribution is 6.05. The first-order valence-electron chi connectivity index (χ1n) is 6.39. The maximum Gasteiger partial charge on any atom is 0.0715 e. The molecule has 0 atom stereocenters. The third-order valence-corrected chi connectivity index (χ3v) is 3.55. The molecule has 1 heterocycles. The highest BCUT2D eigenvalue weighted by Gasteiger charge is 2.10. The second-order valence-electron chi connectivity index (χ2n) is 4.83. The molecule has 19 heavy (non-hydrogen) atoms. The van der Waals surface area contributed by atoms with Crippen molar-refractivity contribution < 1.29 is 0 Å². The van der Waals surface area contributed by atoms with Crippen molar-refractivity contribution >= 4 is 27.4 Å². The first-order chi connectivity index (χ1) is 9.18. The van der Waals surface area contributed by atoms with Crippen LogP contribution in [-0.2, 0) is 0 Å². The van der Waals surface area contributed by atoms with Crippen LogP contribution in [0.3, 0.4) is 0 Å². The number of allylic oxidation sites excluding steroid dienone is 2. The van der Waals surface area contributed by atoms with Crippen molar-refractivity contribution in [3.63, 3.8) is 0 Å². The number of nitrogens with zero attached hydrogens (tertiary/aromatic N) is 1. The summed E-state index contributed by atoms with van der Waals surface area (Å²) in [6, 6.07) is 16.4. The van der Waals surface area contributed by atoms with E-state index in [0.29, 0.717) is 0 Å². The minimum atomic E-state index is 0.849. The summed E-state index contributed by atoms with van der Waals surface area (Å²) < 4.78 is 0. The number of hydrogen-bond donors (Lipinski definition) is 1. The van der Waals surface area contributed by atoms with Gasteiger partial charge in [0.15, 0.2) is 0 Å². The minimum absolute atomic E-state index is 0.849. The normalized spacial score (nSPS) is 12.7. The largest absolute Gasteiger partial charge is 0.402 e. The van der Waals surface area contributed by atoms with Gasteiger partial charge in [0.05, 0.1) is 11.0 Å². The summed E-state index contributed by atoms with van der Waals surface area (Å²) in [4.78, 5) is 4.72. The van der Waals surface area contributed by atoms with Gasteiger partial charge in [0, 0.05) is 16.5 Å². The maximum absolute atomic E-state index is 6.01. The second-order valence-corrected chi connectivity index (χ2v) is 4.83. The molecule has 2 heteroatoms. The van der Waals surface area contributed by atoms with Gasteiger partial charge in [0.2, 0.25) is 0 Å². The SMILES string of the molecule is C/C(N)=C(\C)c1c2ccccc2nc2ccccc12. The molecule has 0 spiro atoms. The fourth-order valence-electron chi connectivity index (χ4n) is 2.44. The van der Waals surface area contributed by atoms with Gasteiger partial charge in [0.25, 0.3) is 0 Å². The van der Waals surface area contributed by atoms with Crippen LogP contribution in [0.1, 0.15) is 19.4 Å². The van der Waals surface area contributed by atoms with Crippen molar-refractivity contribution in [2.24, 2.45) is 5.73 Å². The number of aromatic nitrogens is 1. The third kappa shape index (κ3) is 1.85. The fourth-order valence-corrected chi connectivity index (χ4v) is 2.44. The van der Waals surface area contributed by atoms with Crippen LogP contribution < -0.4 is 5.73 Å². The first-order valence-corrected chi connectivity index (χ1v) is 6.39. The van der Waals surface area contributed by atoms with E-state index < -0.39 is 0 Å². The van der Waals surface area contributed by atoms with Crippen molar-refractivity contribution in [2.75, 3.05) is 0 Å². The zero-order chi connectivity index (χ0) is 13.4. The molecular weight excluding hydrogens is 232 g/mol. The molecule has 2 nitrogen and oxygen atoms in total. The molecule has 2 aromatic carbocycles. The van der Waals surface area contributed by atoms with Crippen molar-refractivity contribution in [3.05, 3.63) is 59.8 Å². The van der Waals surface area contributed by atoms with E-state index in [2.05, 4.69) is 19.1 Å². The van der Waals surface area contributed by atoms with Crippen LogP contribution in [-0.4, -0.2) is 4.98 Å². The molecule has 0 fully saturated rings. The molecule has 0 radical (unpaired) electrons. The molecule has 0 aliphatic rings. The summed E-state index contributed by atoms with van der Waals surface area (Å²) in [6.45, 7) is 4.02. The summed E-state index contributed by atoms with van der Waals surface area (Å²) in [6.07, 6.45) is 0. The lowest BCUT2D eigenvalue weighted by Crippen LogP contribution is -1.98. The topological polar surface area (TPSA) is 38.9 Å². The first kappa shape index (κ1) is 11.7. The molecule has 0 unspecified atom stereocenters. The van der Waals surface area contributed by atoms with Gasteiger partial charge < -0.3 is 5.73 Å². The lowest BCUT2D eigenvalue weighted by atomic mass is 9.96. The Morgan fingerprint density at radius 2 is 1.32 bits per heavy atom. The standard InChI is InChI=1S/C17H16N2/c1-11(12(2)18)17-13-7-3-5-9-15(13)19-16-10-6-4-8-14(16)17/h3-10H,18H2,1-2H3/b12-11-. The molecule has 3 rings (SSSR count). The Morgan fingerprint density at radius 3 is 1.79 bits per heavy atom. The van der Waals surface area contributed by atoms with Crippen molar-refractivity contribution in [1.82, 2.24) is 4.98 Å². The van der Waals surface area contributed by atoms with Crippen molar-refractivity contribution in [2.45, 2.75) is 13.8 Å². The number of rotatable bonds is 1. The zero-order valence-corrected chi connectivity index (χ0v) is 11.1. The van der Waals surface area contributed by atoms with Crippen molar-refractivity contribution in [3.8, 4) is 0 Å². The Morgan fingerprint density at radius 1 is 0.842 bits per heavy atom. The van der Waals surface area contributed by atoms with Gasteiger partial charge in [-0.3, -0.25) is 0 Å². The molecule has 0 bridgehead atoms. The smallest absolute Gasteiger partial charge is 0.0715 e. The number of para-hydroxylation sites is 2. The van der Waals surface area contributed by atoms with Crippen LogP contribution in [0.5, 0.6) is 0 Å². The number of benzene rings is 2. The predicted octanol–water partition coefficient (Wildman–Crippen LogP) is 4.10. The van der Waals surface area contributed by atoms with Crippen LogP contribution in [0.25, 0.3) is 27.4 Å². The lowest BCUT2D eigenvalue weighted by Gasteiger charge is -2.12. The van der Waals surface area contributed by atoms with E-state index in [1.807, 2.05) is 43.3 Å². The van der Waals surface area contributed by atoms with Crippen molar-refractivity contribution in [1.29, 1.82) is 0 Å². The van der Waals surface area contributed by atoms with Crippen LogP contribution in [0.4, 0.5) is 0 Å². The molecule has 2 N–H and O–H groups in total. The average molecular weight is 248 g/mol. The summed E-state index contributed by atoms with van der Waals surface area (Å²) in [5.74, 6) is 0. The summed E-state index contributed by atoms with van der Waals surface area (Å²) in [5.41, 5.74) is 11.2. The summed E-state index contributed by atoms with van der Waals surface area (Å²) in [5, 5.41) is 2.31. The van der Waals surface area contributed by atoms with Gasteiger partial charge in [-0.15, -0.1) is 0 Å². The second kappa shape index (κ2) is 4.39. The summed E-state index contributed by atoms with van der Waals surface area (Å²) in [7, 11) is 0. The molecule has 0 saturated heterocycles. The van der Waals surface area contributed by atoms with Gasteiger partial charge in [-0.25, -0.2) is 4.98 Å². The van der Waals surface area contributed by atoms with Crippen LogP contribution in [0.2, 0.25) is 0 Å². The highest BCUT2D eigenvalue weighted by atomic mass is 14.7. The van der Waals surface area contributed by atoms with E-state index in [4.69, 9.17) is 10.7 Å². The van der Waals surface area contributed by atoms with Gasteiger partial charge in [-0.1, -0.05) is 36.4 Å². The quantitative estimate of drug-likeness (QED) is 0.658. The Labute approximate surface area is 112 Å². The predicted molar refractivity (Wildman–Crippen MR) is 81.7 cm³/mol. The molecule has 0 aliphatic heterocycles. The molecular formula is C17H16N2. The van der Waals surface area contributed by atoms with E-state index in [-0.39, 0.29) is 0 Å². The van der Waals surface area contributed by atoms with Gasteiger partial charge in [-0.05, 0) is 37.1 Å².